The van der Waals surface area contributed by atoms with Gasteiger partial charge in [0, 0.05) is 13.0 Å². The highest BCUT2D eigenvalue weighted by atomic mass is 16.2. The van der Waals surface area contributed by atoms with Gasteiger partial charge in [-0.05, 0) is 30.4 Å². The Bertz CT molecular complexity index is 798. The summed E-state index contributed by atoms with van der Waals surface area (Å²) in [6, 6.07) is 20.2. The van der Waals surface area contributed by atoms with Gasteiger partial charge in [0.2, 0.25) is 11.8 Å². The van der Waals surface area contributed by atoms with Gasteiger partial charge in [0.15, 0.2) is 0 Å². The van der Waals surface area contributed by atoms with E-state index in [0.717, 1.165) is 37.7 Å². The van der Waals surface area contributed by atoms with Gasteiger partial charge >= 0.3 is 0 Å². The Labute approximate surface area is 160 Å². The maximum atomic E-state index is 13.4. The van der Waals surface area contributed by atoms with Crippen LogP contribution in [-0.4, -0.2) is 28.8 Å². The standard InChI is InChI=1S/C23H26N2O2/c26-21-13-16-25(21)23(14-7-8-15-23)22(27)24-20(19-11-5-2-6-12-19)17-18-9-3-1-4-10-18/h1-6,9-12,20H,7-8,13-17H2,(H,24,27). The minimum absolute atomic E-state index is 0.0119. The van der Waals surface area contributed by atoms with E-state index in [1.54, 1.807) is 0 Å². The molecule has 0 radical (unpaired) electrons. The van der Waals surface area contributed by atoms with Crippen LogP contribution in [0.3, 0.4) is 0 Å². The lowest BCUT2D eigenvalue weighted by Crippen LogP contribution is -2.64. The fourth-order valence-electron chi connectivity index (χ4n) is 4.43. The highest BCUT2D eigenvalue weighted by molar-refractivity contribution is 5.94. The Morgan fingerprint density at radius 3 is 2.19 bits per heavy atom. The van der Waals surface area contributed by atoms with Crippen molar-refractivity contribution in [2.45, 2.75) is 50.1 Å². The number of hydrogen-bond donors (Lipinski definition) is 1. The van der Waals surface area contributed by atoms with Crippen molar-refractivity contribution in [1.29, 1.82) is 0 Å². The lowest BCUT2D eigenvalue weighted by atomic mass is 9.88. The second-order valence-corrected chi connectivity index (χ2v) is 7.66. The molecular formula is C23H26N2O2. The molecule has 0 bridgehead atoms. The molecular weight excluding hydrogens is 336 g/mol. The van der Waals surface area contributed by atoms with Crippen molar-refractivity contribution < 1.29 is 9.59 Å². The van der Waals surface area contributed by atoms with E-state index in [-0.39, 0.29) is 17.9 Å². The van der Waals surface area contributed by atoms with Gasteiger partial charge in [-0.1, -0.05) is 73.5 Å². The molecule has 0 aromatic heterocycles. The van der Waals surface area contributed by atoms with E-state index in [2.05, 4.69) is 29.6 Å². The molecule has 2 aliphatic rings. The van der Waals surface area contributed by atoms with Crippen molar-refractivity contribution in [2.75, 3.05) is 6.54 Å². The van der Waals surface area contributed by atoms with Gasteiger partial charge in [0.25, 0.3) is 0 Å². The van der Waals surface area contributed by atoms with Crippen LogP contribution in [0.5, 0.6) is 0 Å². The molecule has 1 unspecified atom stereocenters. The van der Waals surface area contributed by atoms with Gasteiger partial charge in [-0.2, -0.15) is 0 Å². The van der Waals surface area contributed by atoms with Gasteiger partial charge in [-0.15, -0.1) is 0 Å². The van der Waals surface area contributed by atoms with E-state index >= 15 is 0 Å². The maximum absolute atomic E-state index is 13.4. The van der Waals surface area contributed by atoms with Gasteiger partial charge in [0.1, 0.15) is 5.54 Å². The Morgan fingerprint density at radius 1 is 1.00 bits per heavy atom. The van der Waals surface area contributed by atoms with Crippen LogP contribution >= 0.6 is 0 Å². The normalized spacial score (nSPS) is 19.4. The van der Waals surface area contributed by atoms with Crippen LogP contribution < -0.4 is 5.32 Å². The topological polar surface area (TPSA) is 49.4 Å². The number of β-lactam (4-membered cyclic amide) rings is 1. The van der Waals surface area contributed by atoms with E-state index in [0.29, 0.717) is 13.0 Å². The van der Waals surface area contributed by atoms with Crippen LogP contribution in [0.15, 0.2) is 60.7 Å². The Hall–Kier alpha value is -2.62. The molecule has 1 aliphatic carbocycles. The SMILES string of the molecule is O=C1CCN1C1(C(=O)NC(Cc2ccccc2)c2ccccc2)CCCC1. The molecule has 4 rings (SSSR count). The monoisotopic (exact) mass is 362 g/mol. The third-order valence-electron chi connectivity index (χ3n) is 6.01. The van der Waals surface area contributed by atoms with Crippen LogP contribution in [-0.2, 0) is 16.0 Å². The number of hydrogen-bond acceptors (Lipinski definition) is 2. The quantitative estimate of drug-likeness (QED) is 0.798. The zero-order chi connectivity index (χ0) is 18.7. The smallest absolute Gasteiger partial charge is 0.246 e. The number of nitrogens with zero attached hydrogens (tertiary/aromatic N) is 1. The number of amides is 2. The number of rotatable bonds is 6. The molecule has 4 nitrogen and oxygen atoms in total. The zero-order valence-electron chi connectivity index (χ0n) is 15.6. The third-order valence-corrected chi connectivity index (χ3v) is 6.01. The summed E-state index contributed by atoms with van der Waals surface area (Å²) >= 11 is 0. The largest absolute Gasteiger partial charge is 0.347 e. The van der Waals surface area contributed by atoms with E-state index < -0.39 is 5.54 Å². The molecule has 27 heavy (non-hydrogen) atoms. The summed E-state index contributed by atoms with van der Waals surface area (Å²) in [5.41, 5.74) is 1.64. The molecule has 4 heteroatoms. The zero-order valence-corrected chi connectivity index (χ0v) is 15.6. The second kappa shape index (κ2) is 7.55. The van der Waals surface area contributed by atoms with Crippen LogP contribution in [0.25, 0.3) is 0 Å². The second-order valence-electron chi connectivity index (χ2n) is 7.66. The summed E-state index contributed by atoms with van der Waals surface area (Å²) in [5.74, 6) is 0.129. The van der Waals surface area contributed by atoms with Crippen LogP contribution in [0.4, 0.5) is 0 Å². The van der Waals surface area contributed by atoms with E-state index in [4.69, 9.17) is 0 Å². The minimum Gasteiger partial charge on any atom is -0.347 e. The average molecular weight is 362 g/mol. The summed E-state index contributed by atoms with van der Waals surface area (Å²) in [6.45, 7) is 0.709. The molecule has 1 saturated carbocycles. The molecule has 140 valence electrons. The van der Waals surface area contributed by atoms with Crippen LogP contribution in [0.1, 0.15) is 49.3 Å². The van der Waals surface area contributed by atoms with E-state index in [1.807, 2.05) is 41.3 Å². The molecule has 1 aliphatic heterocycles. The molecule has 2 fully saturated rings. The molecule has 1 saturated heterocycles. The molecule has 1 atom stereocenters. The lowest BCUT2D eigenvalue weighted by Gasteiger charge is -2.45. The minimum atomic E-state index is -0.640. The van der Waals surface area contributed by atoms with Crippen LogP contribution in [0, 0.1) is 0 Å². The van der Waals surface area contributed by atoms with Crippen molar-refractivity contribution in [3.8, 4) is 0 Å². The Morgan fingerprint density at radius 2 is 1.63 bits per heavy atom. The highest BCUT2D eigenvalue weighted by Crippen LogP contribution is 2.39. The number of carbonyl (C=O) groups is 2. The number of likely N-dealkylation sites (tertiary alicyclic amines) is 1. The Balaban J connectivity index is 1.58. The number of benzene rings is 2. The van der Waals surface area contributed by atoms with Gasteiger partial charge in [-0.25, -0.2) is 0 Å². The number of carbonyl (C=O) groups excluding carboxylic acids is 2. The molecule has 1 N–H and O–H groups in total. The molecule has 2 amide bonds. The van der Waals surface area contributed by atoms with Crippen molar-refractivity contribution in [1.82, 2.24) is 10.2 Å². The van der Waals surface area contributed by atoms with Gasteiger partial charge in [0.05, 0.1) is 6.04 Å². The van der Waals surface area contributed by atoms with Crippen molar-refractivity contribution in [3.05, 3.63) is 71.8 Å². The lowest BCUT2D eigenvalue weighted by molar-refractivity contribution is -0.157. The van der Waals surface area contributed by atoms with Gasteiger partial charge in [-0.3, -0.25) is 9.59 Å². The third kappa shape index (κ3) is 3.48. The molecule has 0 spiro atoms. The summed E-state index contributed by atoms with van der Waals surface area (Å²) in [6.07, 6.45) is 4.87. The first kappa shape index (κ1) is 17.8. The first-order valence-corrected chi connectivity index (χ1v) is 9.89. The van der Waals surface area contributed by atoms with E-state index in [9.17, 15) is 9.59 Å². The fourth-order valence-corrected chi connectivity index (χ4v) is 4.43. The van der Waals surface area contributed by atoms with Crippen molar-refractivity contribution in [2.24, 2.45) is 0 Å². The maximum Gasteiger partial charge on any atom is 0.246 e. The summed E-state index contributed by atoms with van der Waals surface area (Å²) in [5, 5.41) is 3.30. The van der Waals surface area contributed by atoms with Crippen LogP contribution in [0.2, 0.25) is 0 Å². The fraction of sp³-hybridized carbons (Fsp3) is 0.391. The van der Waals surface area contributed by atoms with Crippen molar-refractivity contribution >= 4 is 11.8 Å². The molecule has 2 aromatic rings. The predicted molar refractivity (Wildman–Crippen MR) is 105 cm³/mol. The molecule has 1 heterocycles. The summed E-state index contributed by atoms with van der Waals surface area (Å²) in [4.78, 5) is 27.4. The summed E-state index contributed by atoms with van der Waals surface area (Å²) < 4.78 is 0. The summed E-state index contributed by atoms with van der Waals surface area (Å²) in [7, 11) is 0. The highest BCUT2D eigenvalue weighted by Gasteiger charge is 2.51. The average Bonchev–Trinajstić information content (AvgIpc) is 3.18. The molecule has 2 aromatic carbocycles. The first-order chi connectivity index (χ1) is 13.2. The van der Waals surface area contributed by atoms with E-state index in [1.165, 1.54) is 5.56 Å². The van der Waals surface area contributed by atoms with Crippen molar-refractivity contribution in [3.63, 3.8) is 0 Å². The van der Waals surface area contributed by atoms with Gasteiger partial charge < -0.3 is 10.2 Å². The number of nitrogens with one attached hydrogen (secondary N) is 1. The Kier molecular flexibility index (Phi) is 4.97. The first-order valence-electron chi connectivity index (χ1n) is 9.89. The predicted octanol–water partition coefficient (Wildman–Crippen LogP) is 3.63.